The van der Waals surface area contributed by atoms with Crippen LogP contribution in [0.5, 0.6) is 0 Å². The monoisotopic (exact) mass is 202 g/mol. The summed E-state index contributed by atoms with van der Waals surface area (Å²) in [5, 5.41) is 0. The lowest BCUT2D eigenvalue weighted by atomic mass is 10.4. The smallest absolute Gasteiger partial charge is 0.431 e. The standard InChI is InChI=1S/C9H18N2O3/c1-2-13-9(12)10-14-8-7-11-5-3-4-6-11/h2-8H2,1H3,(H,10,12). The Labute approximate surface area is 84.3 Å². The van der Waals surface area contributed by atoms with Gasteiger partial charge in [0.05, 0.1) is 13.2 Å². The summed E-state index contributed by atoms with van der Waals surface area (Å²) in [4.78, 5) is 18.0. The van der Waals surface area contributed by atoms with Crippen LogP contribution in [-0.2, 0) is 9.57 Å². The molecule has 0 bridgehead atoms. The number of likely N-dealkylation sites (tertiary alicyclic amines) is 1. The number of carbonyl (C=O) groups excluding carboxylic acids is 1. The number of ether oxygens (including phenoxy) is 1. The fraction of sp³-hybridized carbons (Fsp3) is 0.889. The molecule has 1 N–H and O–H groups in total. The molecule has 1 rings (SSSR count). The highest BCUT2D eigenvalue weighted by Gasteiger charge is 2.10. The summed E-state index contributed by atoms with van der Waals surface area (Å²) in [6.07, 6.45) is 2.02. The zero-order valence-electron chi connectivity index (χ0n) is 8.62. The van der Waals surface area contributed by atoms with Gasteiger partial charge >= 0.3 is 6.09 Å². The maximum Gasteiger partial charge on any atom is 0.431 e. The van der Waals surface area contributed by atoms with Crippen molar-refractivity contribution >= 4 is 6.09 Å². The van der Waals surface area contributed by atoms with E-state index in [0.29, 0.717) is 13.2 Å². The number of hydrogen-bond acceptors (Lipinski definition) is 4. The van der Waals surface area contributed by atoms with E-state index in [9.17, 15) is 4.79 Å². The van der Waals surface area contributed by atoms with E-state index in [2.05, 4.69) is 15.1 Å². The number of carbonyl (C=O) groups is 1. The van der Waals surface area contributed by atoms with Crippen LogP contribution in [0.3, 0.4) is 0 Å². The Bertz CT molecular complexity index is 169. The average Bonchev–Trinajstić information content (AvgIpc) is 2.65. The van der Waals surface area contributed by atoms with Crippen LogP contribution in [0, 0.1) is 0 Å². The van der Waals surface area contributed by atoms with Gasteiger partial charge in [-0.3, -0.25) is 4.84 Å². The summed E-state index contributed by atoms with van der Waals surface area (Å²) in [6.45, 7) is 5.78. The van der Waals surface area contributed by atoms with Crippen LogP contribution in [0.4, 0.5) is 4.79 Å². The van der Waals surface area contributed by atoms with Crippen molar-refractivity contribution in [2.45, 2.75) is 19.8 Å². The molecule has 82 valence electrons. The highest BCUT2D eigenvalue weighted by atomic mass is 16.7. The first kappa shape index (κ1) is 11.3. The van der Waals surface area contributed by atoms with Crippen LogP contribution in [-0.4, -0.2) is 43.8 Å². The van der Waals surface area contributed by atoms with Crippen molar-refractivity contribution in [3.8, 4) is 0 Å². The maximum atomic E-state index is 10.8. The zero-order valence-corrected chi connectivity index (χ0v) is 8.62. The average molecular weight is 202 g/mol. The minimum atomic E-state index is -0.520. The predicted molar refractivity (Wildman–Crippen MR) is 51.8 cm³/mol. The molecular formula is C9H18N2O3. The molecule has 0 aromatic rings. The number of rotatable bonds is 5. The van der Waals surface area contributed by atoms with Gasteiger partial charge in [0, 0.05) is 6.54 Å². The molecule has 14 heavy (non-hydrogen) atoms. The van der Waals surface area contributed by atoms with Crippen LogP contribution in [0.25, 0.3) is 0 Å². The molecular weight excluding hydrogens is 184 g/mol. The largest absolute Gasteiger partial charge is 0.448 e. The van der Waals surface area contributed by atoms with Crippen molar-refractivity contribution in [2.75, 3.05) is 32.8 Å². The second kappa shape index (κ2) is 6.62. The first-order chi connectivity index (χ1) is 6.83. The molecule has 1 saturated heterocycles. The molecule has 0 atom stereocenters. The van der Waals surface area contributed by atoms with Crippen molar-refractivity contribution in [1.29, 1.82) is 0 Å². The molecule has 5 heteroatoms. The summed E-state index contributed by atoms with van der Waals surface area (Å²) >= 11 is 0. The molecule has 0 aromatic heterocycles. The van der Waals surface area contributed by atoms with Crippen LogP contribution in [0.15, 0.2) is 0 Å². The van der Waals surface area contributed by atoms with E-state index < -0.39 is 6.09 Å². The fourth-order valence-corrected chi connectivity index (χ4v) is 1.45. The molecule has 0 unspecified atom stereocenters. The van der Waals surface area contributed by atoms with Crippen molar-refractivity contribution in [3.63, 3.8) is 0 Å². The Kier molecular flexibility index (Phi) is 5.32. The molecule has 1 amide bonds. The van der Waals surface area contributed by atoms with Gasteiger partial charge in [-0.15, -0.1) is 0 Å². The number of amides is 1. The number of hydrogen-bond donors (Lipinski definition) is 1. The summed E-state index contributed by atoms with van der Waals surface area (Å²) in [5.41, 5.74) is 2.22. The van der Waals surface area contributed by atoms with E-state index in [4.69, 9.17) is 4.84 Å². The van der Waals surface area contributed by atoms with E-state index in [0.717, 1.165) is 19.6 Å². The van der Waals surface area contributed by atoms with E-state index in [1.807, 2.05) is 0 Å². The van der Waals surface area contributed by atoms with Gasteiger partial charge in [-0.2, -0.15) is 5.48 Å². The van der Waals surface area contributed by atoms with E-state index in [-0.39, 0.29) is 0 Å². The third kappa shape index (κ3) is 4.43. The summed E-state index contributed by atoms with van der Waals surface area (Å²) in [6, 6.07) is 0. The van der Waals surface area contributed by atoms with Crippen molar-refractivity contribution in [2.24, 2.45) is 0 Å². The lowest BCUT2D eigenvalue weighted by Crippen LogP contribution is -2.30. The summed E-state index contributed by atoms with van der Waals surface area (Å²) < 4.78 is 4.63. The van der Waals surface area contributed by atoms with E-state index >= 15 is 0 Å². The van der Waals surface area contributed by atoms with Gasteiger partial charge in [0.2, 0.25) is 0 Å². The van der Waals surface area contributed by atoms with Crippen LogP contribution >= 0.6 is 0 Å². The van der Waals surface area contributed by atoms with Crippen LogP contribution in [0.1, 0.15) is 19.8 Å². The first-order valence-electron chi connectivity index (χ1n) is 5.10. The Balaban J connectivity index is 1.90. The number of nitrogens with zero attached hydrogens (tertiary/aromatic N) is 1. The fourth-order valence-electron chi connectivity index (χ4n) is 1.45. The molecule has 5 nitrogen and oxygen atoms in total. The molecule has 0 saturated carbocycles. The third-order valence-corrected chi connectivity index (χ3v) is 2.14. The molecule has 0 aliphatic carbocycles. The Morgan fingerprint density at radius 1 is 1.43 bits per heavy atom. The van der Waals surface area contributed by atoms with Crippen LogP contribution < -0.4 is 5.48 Å². The quantitative estimate of drug-likeness (QED) is 0.528. The van der Waals surface area contributed by atoms with Gasteiger partial charge in [-0.25, -0.2) is 4.79 Å². The molecule has 0 spiro atoms. The topological polar surface area (TPSA) is 50.8 Å². The van der Waals surface area contributed by atoms with Gasteiger partial charge in [0.1, 0.15) is 0 Å². The Hall–Kier alpha value is -0.810. The molecule has 0 aromatic carbocycles. The number of nitrogens with one attached hydrogen (secondary N) is 1. The molecule has 0 radical (unpaired) electrons. The third-order valence-electron chi connectivity index (χ3n) is 2.14. The van der Waals surface area contributed by atoms with Gasteiger partial charge in [-0.1, -0.05) is 0 Å². The minimum Gasteiger partial charge on any atom is -0.448 e. The SMILES string of the molecule is CCOC(=O)NOCCN1CCCC1. The second-order valence-corrected chi connectivity index (χ2v) is 3.22. The lowest BCUT2D eigenvalue weighted by molar-refractivity contribution is 0.0213. The normalized spacial score (nSPS) is 16.9. The highest BCUT2D eigenvalue weighted by molar-refractivity contribution is 5.65. The maximum absolute atomic E-state index is 10.8. The molecule has 1 heterocycles. The Morgan fingerprint density at radius 3 is 2.79 bits per heavy atom. The number of hydroxylamine groups is 1. The zero-order chi connectivity index (χ0) is 10.2. The molecule has 1 fully saturated rings. The van der Waals surface area contributed by atoms with Gasteiger partial charge in [-0.05, 0) is 32.9 Å². The van der Waals surface area contributed by atoms with Crippen molar-refractivity contribution in [3.05, 3.63) is 0 Å². The van der Waals surface area contributed by atoms with Crippen LogP contribution in [0.2, 0.25) is 0 Å². The highest BCUT2D eigenvalue weighted by Crippen LogP contribution is 2.05. The summed E-state index contributed by atoms with van der Waals surface area (Å²) in [7, 11) is 0. The van der Waals surface area contributed by atoms with Crippen molar-refractivity contribution < 1.29 is 14.4 Å². The van der Waals surface area contributed by atoms with Gasteiger partial charge < -0.3 is 9.64 Å². The first-order valence-corrected chi connectivity index (χ1v) is 5.10. The van der Waals surface area contributed by atoms with E-state index in [1.54, 1.807) is 6.92 Å². The van der Waals surface area contributed by atoms with Crippen molar-refractivity contribution in [1.82, 2.24) is 10.4 Å². The predicted octanol–water partition coefficient (Wildman–Crippen LogP) is 0.760. The molecule has 1 aliphatic heterocycles. The lowest BCUT2D eigenvalue weighted by Gasteiger charge is -2.13. The Morgan fingerprint density at radius 2 is 2.14 bits per heavy atom. The molecule has 1 aliphatic rings. The minimum absolute atomic E-state index is 0.362. The summed E-state index contributed by atoms with van der Waals surface area (Å²) in [5.74, 6) is 0. The van der Waals surface area contributed by atoms with Gasteiger partial charge in [0.15, 0.2) is 0 Å². The van der Waals surface area contributed by atoms with E-state index in [1.165, 1.54) is 12.8 Å². The van der Waals surface area contributed by atoms with Gasteiger partial charge in [0.25, 0.3) is 0 Å². The second-order valence-electron chi connectivity index (χ2n) is 3.22.